The van der Waals surface area contributed by atoms with Crippen LogP contribution < -0.4 is 4.90 Å². The molecule has 0 N–H and O–H groups in total. The Bertz CT molecular complexity index is 482. The number of hydrogen-bond acceptors (Lipinski definition) is 3. The Morgan fingerprint density at radius 3 is 2.82 bits per heavy atom. The van der Waals surface area contributed by atoms with Crippen molar-refractivity contribution in [1.82, 2.24) is 0 Å². The van der Waals surface area contributed by atoms with Crippen LogP contribution in [0.5, 0.6) is 0 Å². The van der Waals surface area contributed by atoms with Gasteiger partial charge < -0.3 is 9.64 Å². The number of amides is 1. The van der Waals surface area contributed by atoms with E-state index in [1.165, 1.54) is 7.11 Å². The van der Waals surface area contributed by atoms with Gasteiger partial charge in [-0.05, 0) is 24.1 Å². The average Bonchev–Trinajstić information content (AvgIpc) is 2.54. The second-order valence-electron chi connectivity index (χ2n) is 4.27. The van der Waals surface area contributed by atoms with Crippen LogP contribution in [0.3, 0.4) is 0 Å². The Kier molecular flexibility index (Phi) is 2.88. The highest BCUT2D eigenvalue weighted by Crippen LogP contribution is 2.36. The van der Waals surface area contributed by atoms with Gasteiger partial charge in [0.15, 0.2) is 0 Å². The average molecular weight is 233 g/mol. The van der Waals surface area contributed by atoms with E-state index in [0.717, 1.165) is 16.8 Å². The summed E-state index contributed by atoms with van der Waals surface area (Å²) in [7, 11) is 3.14. The largest absolute Gasteiger partial charge is 0.469 e. The van der Waals surface area contributed by atoms with Gasteiger partial charge in [-0.3, -0.25) is 9.59 Å². The Morgan fingerprint density at radius 2 is 2.18 bits per heavy atom. The maximum Gasteiger partial charge on any atom is 0.309 e. The molecule has 0 bridgehead atoms. The highest BCUT2D eigenvalue weighted by Gasteiger charge is 2.31. The Hall–Kier alpha value is -1.84. The molecule has 4 nitrogen and oxygen atoms in total. The molecular weight excluding hydrogens is 218 g/mol. The zero-order chi connectivity index (χ0) is 12.6. The van der Waals surface area contributed by atoms with Gasteiger partial charge in [0.25, 0.3) is 0 Å². The molecule has 1 aromatic rings. The van der Waals surface area contributed by atoms with E-state index in [-0.39, 0.29) is 24.2 Å². The van der Waals surface area contributed by atoms with Crippen LogP contribution in [0.15, 0.2) is 18.2 Å². The van der Waals surface area contributed by atoms with E-state index in [2.05, 4.69) is 4.74 Å². The summed E-state index contributed by atoms with van der Waals surface area (Å²) in [6.45, 7) is 1.88. The van der Waals surface area contributed by atoms with Gasteiger partial charge in [-0.2, -0.15) is 0 Å². The van der Waals surface area contributed by atoms with Crippen molar-refractivity contribution in [3.05, 3.63) is 29.3 Å². The van der Waals surface area contributed by atoms with E-state index in [0.29, 0.717) is 0 Å². The first-order valence-corrected chi connectivity index (χ1v) is 5.51. The fourth-order valence-corrected chi connectivity index (χ4v) is 2.15. The van der Waals surface area contributed by atoms with Crippen LogP contribution in [0.25, 0.3) is 0 Å². The molecule has 0 saturated carbocycles. The summed E-state index contributed by atoms with van der Waals surface area (Å²) in [6, 6.07) is 5.66. The fraction of sp³-hybridized carbons (Fsp3) is 0.385. The van der Waals surface area contributed by atoms with E-state index in [9.17, 15) is 9.59 Å². The minimum absolute atomic E-state index is 0.0928. The summed E-state index contributed by atoms with van der Waals surface area (Å²) in [5.41, 5.74) is 2.79. The van der Waals surface area contributed by atoms with Crippen LogP contribution >= 0.6 is 0 Å². The zero-order valence-corrected chi connectivity index (χ0v) is 10.2. The van der Waals surface area contributed by atoms with E-state index < -0.39 is 0 Å². The van der Waals surface area contributed by atoms with Crippen molar-refractivity contribution in [2.45, 2.75) is 19.3 Å². The smallest absolute Gasteiger partial charge is 0.309 e. The number of anilines is 1. The number of ether oxygens (including phenoxy) is 1. The first kappa shape index (κ1) is 11.6. The molecule has 1 aliphatic heterocycles. The van der Waals surface area contributed by atoms with E-state index in [4.69, 9.17) is 0 Å². The van der Waals surface area contributed by atoms with Gasteiger partial charge in [0.1, 0.15) is 0 Å². The topological polar surface area (TPSA) is 46.6 Å². The number of fused-ring (bicyclic) bond motifs is 1. The van der Waals surface area contributed by atoms with Crippen molar-refractivity contribution < 1.29 is 14.3 Å². The van der Waals surface area contributed by atoms with Gasteiger partial charge in [-0.15, -0.1) is 0 Å². The molecule has 1 atom stereocenters. The van der Waals surface area contributed by atoms with Crippen molar-refractivity contribution in [2.75, 3.05) is 19.1 Å². The lowest BCUT2D eigenvalue weighted by atomic mass is 9.99. The number of carbonyl (C=O) groups excluding carboxylic acids is 2. The molecule has 2 rings (SSSR count). The van der Waals surface area contributed by atoms with Gasteiger partial charge in [0.2, 0.25) is 5.91 Å². The number of methoxy groups -OCH3 is 1. The molecule has 4 heteroatoms. The van der Waals surface area contributed by atoms with Crippen molar-refractivity contribution in [1.29, 1.82) is 0 Å². The van der Waals surface area contributed by atoms with Crippen LogP contribution in [0.4, 0.5) is 5.69 Å². The summed E-state index contributed by atoms with van der Waals surface area (Å²) >= 11 is 0. The standard InChI is InChI=1S/C13H15NO3/c1-8-10-6-9(7-12(15)17-3)4-5-11(10)14(2)13(8)16/h4-6,8H,7H2,1-3H3. The van der Waals surface area contributed by atoms with Crippen LogP contribution in [-0.4, -0.2) is 26.0 Å². The summed E-state index contributed by atoms with van der Waals surface area (Å²) in [6.07, 6.45) is 0.244. The molecule has 0 spiro atoms. The molecule has 0 fully saturated rings. The minimum atomic E-state index is -0.268. The molecule has 1 aromatic carbocycles. The number of benzene rings is 1. The van der Waals surface area contributed by atoms with Crippen molar-refractivity contribution >= 4 is 17.6 Å². The molecule has 17 heavy (non-hydrogen) atoms. The normalized spacial score (nSPS) is 18.2. The molecular formula is C13H15NO3. The number of rotatable bonds is 2. The Labute approximate surface area is 100 Å². The molecule has 0 radical (unpaired) electrons. The van der Waals surface area contributed by atoms with Gasteiger partial charge in [0, 0.05) is 12.7 Å². The summed E-state index contributed by atoms with van der Waals surface area (Å²) in [4.78, 5) is 24.6. The third kappa shape index (κ3) is 1.90. The SMILES string of the molecule is COC(=O)Cc1ccc2c(c1)C(C)C(=O)N2C. The lowest BCUT2D eigenvalue weighted by Crippen LogP contribution is -2.22. The van der Waals surface area contributed by atoms with Gasteiger partial charge in [-0.25, -0.2) is 0 Å². The predicted molar refractivity (Wildman–Crippen MR) is 64.0 cm³/mol. The monoisotopic (exact) mass is 233 g/mol. The third-order valence-electron chi connectivity index (χ3n) is 3.20. The Balaban J connectivity index is 2.33. The maximum atomic E-state index is 11.8. The van der Waals surface area contributed by atoms with E-state index >= 15 is 0 Å². The van der Waals surface area contributed by atoms with Crippen molar-refractivity contribution in [3.63, 3.8) is 0 Å². The van der Waals surface area contributed by atoms with Crippen LogP contribution in [0.2, 0.25) is 0 Å². The van der Waals surface area contributed by atoms with Crippen LogP contribution in [0.1, 0.15) is 24.0 Å². The number of esters is 1. The lowest BCUT2D eigenvalue weighted by molar-refractivity contribution is -0.139. The molecule has 0 aliphatic carbocycles. The van der Waals surface area contributed by atoms with Gasteiger partial charge in [0.05, 0.1) is 19.4 Å². The highest BCUT2D eigenvalue weighted by molar-refractivity contribution is 6.04. The van der Waals surface area contributed by atoms with Crippen LogP contribution in [0, 0.1) is 0 Å². The first-order valence-electron chi connectivity index (χ1n) is 5.51. The Morgan fingerprint density at radius 1 is 1.47 bits per heavy atom. The summed E-state index contributed by atoms with van der Waals surface area (Å²) < 4.78 is 4.63. The second kappa shape index (κ2) is 4.20. The summed E-state index contributed by atoms with van der Waals surface area (Å²) in [5.74, 6) is -0.307. The first-order chi connectivity index (χ1) is 8.04. The van der Waals surface area contributed by atoms with Gasteiger partial charge in [-0.1, -0.05) is 12.1 Å². The molecule has 90 valence electrons. The molecule has 1 unspecified atom stereocenters. The quantitative estimate of drug-likeness (QED) is 0.727. The number of hydrogen-bond donors (Lipinski definition) is 0. The third-order valence-corrected chi connectivity index (χ3v) is 3.20. The molecule has 1 heterocycles. The van der Waals surface area contributed by atoms with E-state index in [1.54, 1.807) is 11.9 Å². The number of carbonyl (C=O) groups is 2. The second-order valence-corrected chi connectivity index (χ2v) is 4.27. The zero-order valence-electron chi connectivity index (χ0n) is 10.2. The van der Waals surface area contributed by atoms with E-state index in [1.807, 2.05) is 25.1 Å². The van der Waals surface area contributed by atoms with Gasteiger partial charge >= 0.3 is 5.97 Å². The number of likely N-dealkylation sites (N-methyl/N-ethyl adjacent to an activating group) is 1. The molecule has 0 saturated heterocycles. The number of nitrogens with zero attached hydrogens (tertiary/aromatic N) is 1. The predicted octanol–water partition coefficient (Wildman–Crippen LogP) is 1.48. The highest BCUT2D eigenvalue weighted by atomic mass is 16.5. The molecule has 1 amide bonds. The summed E-state index contributed by atoms with van der Waals surface area (Å²) in [5, 5.41) is 0. The van der Waals surface area contributed by atoms with Crippen molar-refractivity contribution in [2.24, 2.45) is 0 Å². The maximum absolute atomic E-state index is 11.8. The van der Waals surface area contributed by atoms with Crippen LogP contribution in [-0.2, 0) is 20.7 Å². The molecule has 0 aromatic heterocycles. The fourth-order valence-electron chi connectivity index (χ4n) is 2.15. The lowest BCUT2D eigenvalue weighted by Gasteiger charge is -2.10. The minimum Gasteiger partial charge on any atom is -0.469 e. The van der Waals surface area contributed by atoms with Crippen molar-refractivity contribution in [3.8, 4) is 0 Å². The molecule has 1 aliphatic rings.